The molecule has 0 unspecified atom stereocenters. The van der Waals surface area contributed by atoms with Gasteiger partial charge >= 0.3 is 0 Å². The van der Waals surface area contributed by atoms with E-state index in [1.807, 2.05) is 19.1 Å². The van der Waals surface area contributed by atoms with Crippen LogP contribution in [0.25, 0.3) is 0 Å². The highest BCUT2D eigenvalue weighted by Crippen LogP contribution is 2.42. The summed E-state index contributed by atoms with van der Waals surface area (Å²) in [4.78, 5) is 0.245. The van der Waals surface area contributed by atoms with Gasteiger partial charge in [0.05, 0.1) is 28.6 Å². The van der Waals surface area contributed by atoms with Crippen LogP contribution in [-0.2, 0) is 14.8 Å². The third-order valence-electron chi connectivity index (χ3n) is 5.74. The highest BCUT2D eigenvalue weighted by molar-refractivity contribution is 9.10. The van der Waals surface area contributed by atoms with Gasteiger partial charge in [-0.05, 0) is 55.7 Å². The normalized spacial score (nSPS) is 20.7. The number of rotatable bonds is 4. The first kappa shape index (κ1) is 21.2. The number of hydrogen-bond acceptors (Lipinski definition) is 5. The highest BCUT2D eigenvalue weighted by atomic mass is 79.9. The van der Waals surface area contributed by atoms with Crippen molar-refractivity contribution in [2.24, 2.45) is 5.41 Å². The van der Waals surface area contributed by atoms with Crippen LogP contribution in [0.4, 0.5) is 5.69 Å². The van der Waals surface area contributed by atoms with E-state index < -0.39 is 21.5 Å². The van der Waals surface area contributed by atoms with Crippen molar-refractivity contribution in [2.75, 3.05) is 24.1 Å². The second-order valence-corrected chi connectivity index (χ2v) is 10.7. The van der Waals surface area contributed by atoms with E-state index in [-0.39, 0.29) is 11.4 Å². The summed E-state index contributed by atoms with van der Waals surface area (Å²) in [5.41, 5.74) is 0.815. The van der Waals surface area contributed by atoms with Crippen LogP contribution in [0, 0.1) is 23.7 Å². The standard InChI is InChI=1S/C22H23BrN2O4S/c1-16-3-2-4-19(11-16)30(26,27)25-14-18(13-22(15-24)7-9-28-10-8-22)29-21-6-5-17(23)12-20(21)25/h2-6,11-12,18H,7-10,13-14H2,1H3/t18-/m0/s1. The first-order valence-corrected chi connectivity index (χ1v) is 12.1. The van der Waals surface area contributed by atoms with Crippen molar-refractivity contribution in [1.29, 1.82) is 5.26 Å². The van der Waals surface area contributed by atoms with Crippen molar-refractivity contribution in [3.05, 3.63) is 52.5 Å². The molecule has 4 rings (SSSR count). The van der Waals surface area contributed by atoms with Gasteiger partial charge in [-0.1, -0.05) is 28.1 Å². The van der Waals surface area contributed by atoms with E-state index in [4.69, 9.17) is 9.47 Å². The number of aryl methyl sites for hydroxylation is 1. The van der Waals surface area contributed by atoms with Gasteiger partial charge in [-0.25, -0.2) is 8.42 Å². The zero-order valence-electron chi connectivity index (χ0n) is 16.7. The van der Waals surface area contributed by atoms with Gasteiger partial charge in [0.2, 0.25) is 0 Å². The third kappa shape index (κ3) is 4.07. The van der Waals surface area contributed by atoms with Crippen LogP contribution < -0.4 is 9.04 Å². The van der Waals surface area contributed by atoms with Crippen LogP contribution in [0.3, 0.4) is 0 Å². The first-order valence-electron chi connectivity index (χ1n) is 9.88. The van der Waals surface area contributed by atoms with Crippen molar-refractivity contribution in [1.82, 2.24) is 0 Å². The molecule has 2 aromatic carbocycles. The van der Waals surface area contributed by atoms with Crippen LogP contribution in [-0.4, -0.2) is 34.3 Å². The van der Waals surface area contributed by atoms with Crippen molar-refractivity contribution in [2.45, 2.75) is 37.2 Å². The monoisotopic (exact) mass is 490 g/mol. The topological polar surface area (TPSA) is 79.6 Å². The van der Waals surface area contributed by atoms with E-state index in [1.54, 1.807) is 30.3 Å². The molecule has 0 amide bonds. The second-order valence-electron chi connectivity index (χ2n) is 7.91. The molecule has 0 aromatic heterocycles. The number of anilines is 1. The lowest BCUT2D eigenvalue weighted by Crippen LogP contribution is -2.46. The van der Waals surface area contributed by atoms with Gasteiger partial charge in [0, 0.05) is 24.1 Å². The van der Waals surface area contributed by atoms with E-state index in [1.165, 1.54) is 4.31 Å². The Morgan fingerprint density at radius 2 is 2.00 bits per heavy atom. The molecule has 0 saturated carbocycles. The van der Waals surface area contributed by atoms with Gasteiger partial charge in [0.15, 0.2) is 0 Å². The molecular formula is C22H23BrN2O4S. The number of fused-ring (bicyclic) bond motifs is 1. The molecular weight excluding hydrogens is 468 g/mol. The summed E-state index contributed by atoms with van der Waals surface area (Å²) in [6.45, 7) is 3.10. The van der Waals surface area contributed by atoms with Crippen molar-refractivity contribution in [3.8, 4) is 11.8 Å². The molecule has 2 aliphatic rings. The Hall–Kier alpha value is -2.08. The number of hydrogen-bond donors (Lipinski definition) is 0. The van der Waals surface area contributed by atoms with E-state index in [9.17, 15) is 13.7 Å². The summed E-state index contributed by atoms with van der Waals surface area (Å²) >= 11 is 3.43. The summed E-state index contributed by atoms with van der Waals surface area (Å²) in [7, 11) is -3.79. The van der Waals surface area contributed by atoms with E-state index in [2.05, 4.69) is 22.0 Å². The number of sulfonamides is 1. The summed E-state index contributed by atoms with van der Waals surface area (Å²) in [5.74, 6) is 0.505. The first-order chi connectivity index (χ1) is 14.3. The predicted octanol–water partition coefficient (Wildman–Crippen LogP) is 4.42. The molecule has 6 nitrogen and oxygen atoms in total. The molecule has 1 fully saturated rings. The summed E-state index contributed by atoms with van der Waals surface area (Å²) in [6, 6.07) is 14.7. The Balaban J connectivity index is 1.72. The van der Waals surface area contributed by atoms with Gasteiger partial charge in [0.25, 0.3) is 10.0 Å². The zero-order valence-corrected chi connectivity index (χ0v) is 19.1. The minimum Gasteiger partial charge on any atom is -0.486 e. The minimum atomic E-state index is -3.79. The Labute approximate surface area is 185 Å². The Morgan fingerprint density at radius 1 is 1.23 bits per heavy atom. The van der Waals surface area contributed by atoms with Crippen LogP contribution in [0.15, 0.2) is 51.8 Å². The highest BCUT2D eigenvalue weighted by Gasteiger charge is 2.41. The molecule has 0 spiro atoms. The van der Waals surface area contributed by atoms with Crippen LogP contribution in [0.5, 0.6) is 5.75 Å². The summed E-state index contributed by atoms with van der Waals surface area (Å²) in [5, 5.41) is 9.84. The molecule has 1 saturated heterocycles. The SMILES string of the molecule is Cc1cccc(S(=O)(=O)N2C[C@H](CC3(C#N)CCOCC3)Oc3ccc(Br)cc32)c1. The fourth-order valence-corrected chi connectivity index (χ4v) is 6.03. The maximum Gasteiger partial charge on any atom is 0.264 e. The van der Waals surface area contributed by atoms with E-state index >= 15 is 0 Å². The number of nitriles is 1. The lowest BCUT2D eigenvalue weighted by molar-refractivity contribution is 0.0190. The van der Waals surface area contributed by atoms with Gasteiger partial charge in [0.1, 0.15) is 11.9 Å². The minimum absolute atomic E-state index is 0.157. The van der Waals surface area contributed by atoms with E-state index in [0.29, 0.717) is 43.9 Å². The fourth-order valence-electron chi connectivity index (χ4n) is 4.08. The molecule has 1 atom stereocenters. The molecule has 2 aliphatic heterocycles. The smallest absolute Gasteiger partial charge is 0.264 e. The maximum absolute atomic E-state index is 13.6. The molecule has 0 bridgehead atoms. The van der Waals surface area contributed by atoms with Crippen molar-refractivity contribution in [3.63, 3.8) is 0 Å². The average Bonchev–Trinajstić information content (AvgIpc) is 2.74. The molecule has 158 valence electrons. The largest absolute Gasteiger partial charge is 0.486 e. The zero-order chi connectivity index (χ0) is 21.4. The van der Waals surface area contributed by atoms with Crippen LogP contribution in [0.2, 0.25) is 0 Å². The van der Waals surface area contributed by atoms with Crippen LogP contribution >= 0.6 is 15.9 Å². The average molecular weight is 491 g/mol. The molecule has 30 heavy (non-hydrogen) atoms. The lowest BCUT2D eigenvalue weighted by Gasteiger charge is -2.39. The number of benzene rings is 2. The van der Waals surface area contributed by atoms with Gasteiger partial charge in [-0.2, -0.15) is 5.26 Å². The van der Waals surface area contributed by atoms with Crippen LogP contribution in [0.1, 0.15) is 24.8 Å². The van der Waals surface area contributed by atoms with Crippen molar-refractivity contribution >= 4 is 31.6 Å². The summed E-state index contributed by atoms with van der Waals surface area (Å²) < 4.78 is 40.9. The number of halogens is 1. The third-order valence-corrected chi connectivity index (χ3v) is 8.00. The Bertz CT molecular complexity index is 1090. The number of nitrogens with zero attached hydrogens (tertiary/aromatic N) is 2. The Kier molecular flexibility index (Phi) is 5.80. The molecule has 0 radical (unpaired) electrons. The maximum atomic E-state index is 13.6. The quantitative estimate of drug-likeness (QED) is 0.633. The van der Waals surface area contributed by atoms with Gasteiger partial charge in [-0.3, -0.25) is 4.31 Å². The van der Waals surface area contributed by atoms with E-state index in [0.717, 1.165) is 10.0 Å². The molecule has 2 heterocycles. The van der Waals surface area contributed by atoms with Gasteiger partial charge < -0.3 is 9.47 Å². The molecule has 8 heteroatoms. The van der Waals surface area contributed by atoms with Gasteiger partial charge in [-0.15, -0.1) is 0 Å². The number of ether oxygens (including phenoxy) is 2. The predicted molar refractivity (Wildman–Crippen MR) is 117 cm³/mol. The second kappa shape index (κ2) is 8.22. The lowest BCUT2D eigenvalue weighted by atomic mass is 9.77. The molecule has 2 aromatic rings. The molecule has 0 N–H and O–H groups in total. The van der Waals surface area contributed by atoms with Crippen molar-refractivity contribution < 1.29 is 17.9 Å². The summed E-state index contributed by atoms with van der Waals surface area (Å²) in [6.07, 6.45) is 1.29. The Morgan fingerprint density at radius 3 is 2.70 bits per heavy atom. The molecule has 0 aliphatic carbocycles. The fraction of sp³-hybridized carbons (Fsp3) is 0.409.